The number of amides is 1. The van der Waals surface area contributed by atoms with E-state index in [1.54, 1.807) is 60.9 Å². The Morgan fingerprint density at radius 2 is 1.89 bits per heavy atom. The van der Waals surface area contributed by atoms with Gasteiger partial charge in [-0.3, -0.25) is 14.6 Å². The average Bonchev–Trinajstić information content (AvgIpc) is 3.39. The molecule has 0 radical (unpaired) electrons. The number of hydrogen-bond acceptors (Lipinski definition) is 7. The summed E-state index contributed by atoms with van der Waals surface area (Å²) in [6, 6.07) is 14.4. The number of ether oxygens (including phenoxy) is 2. The first-order valence-corrected chi connectivity index (χ1v) is 11.5. The van der Waals surface area contributed by atoms with Gasteiger partial charge in [0.1, 0.15) is 17.6 Å². The number of aromatic nitrogens is 1. The molecule has 0 spiro atoms. The van der Waals surface area contributed by atoms with Crippen molar-refractivity contribution < 1.29 is 29.0 Å². The van der Waals surface area contributed by atoms with Crippen molar-refractivity contribution in [3.05, 3.63) is 100 Å². The van der Waals surface area contributed by atoms with Gasteiger partial charge in [-0.2, -0.15) is 0 Å². The van der Waals surface area contributed by atoms with E-state index in [1.807, 2.05) is 13.0 Å². The summed E-state index contributed by atoms with van der Waals surface area (Å²) in [6.45, 7) is 2.08. The molecule has 3 heterocycles. The van der Waals surface area contributed by atoms with E-state index in [0.717, 1.165) is 16.9 Å². The van der Waals surface area contributed by atoms with Crippen LogP contribution in [0.4, 0.5) is 0 Å². The van der Waals surface area contributed by atoms with Gasteiger partial charge in [0.15, 0.2) is 0 Å². The summed E-state index contributed by atoms with van der Waals surface area (Å²) in [5.41, 5.74) is 2.99. The minimum Gasteiger partial charge on any atom is -0.507 e. The minimum atomic E-state index is -0.861. The van der Waals surface area contributed by atoms with Crippen LogP contribution in [0.25, 0.3) is 5.76 Å². The molecule has 3 aromatic rings. The Morgan fingerprint density at radius 3 is 2.58 bits per heavy atom. The van der Waals surface area contributed by atoms with Gasteiger partial charge in [-0.25, -0.2) is 4.79 Å². The third kappa shape index (κ3) is 4.11. The summed E-state index contributed by atoms with van der Waals surface area (Å²) >= 11 is 0. The van der Waals surface area contributed by atoms with Crippen molar-refractivity contribution in [2.75, 3.05) is 7.11 Å². The number of carbonyl (C=O) groups is 3. The zero-order valence-corrected chi connectivity index (χ0v) is 19.8. The lowest BCUT2D eigenvalue weighted by Crippen LogP contribution is -2.29. The van der Waals surface area contributed by atoms with Gasteiger partial charge in [0.05, 0.1) is 24.3 Å². The zero-order chi connectivity index (χ0) is 25.4. The molecule has 8 nitrogen and oxygen atoms in total. The van der Waals surface area contributed by atoms with Crippen molar-refractivity contribution in [2.24, 2.45) is 0 Å². The van der Waals surface area contributed by atoms with Crippen molar-refractivity contribution in [1.29, 1.82) is 0 Å². The molecule has 2 aliphatic rings. The van der Waals surface area contributed by atoms with E-state index in [9.17, 15) is 19.5 Å². The fourth-order valence-electron chi connectivity index (χ4n) is 4.72. The molecule has 182 valence electrons. The van der Waals surface area contributed by atoms with E-state index in [2.05, 4.69) is 4.98 Å². The van der Waals surface area contributed by atoms with Gasteiger partial charge >= 0.3 is 5.97 Å². The standard InChI is InChI=1S/C28H24N2O6/c1-16-12-21-13-20(9-10-22(21)36-16)25(31)23-24(18-5-7-19(8-6-18)28(34)35-2)30(27(33)26(23)32)15-17-4-3-11-29-14-17/h3-11,13-14,16,24,31H,12,15H2,1-2H3. The van der Waals surface area contributed by atoms with Gasteiger partial charge in [-0.1, -0.05) is 18.2 Å². The van der Waals surface area contributed by atoms with Gasteiger partial charge in [-0.15, -0.1) is 0 Å². The molecule has 2 atom stereocenters. The first-order valence-electron chi connectivity index (χ1n) is 11.5. The molecule has 1 aromatic heterocycles. The fraction of sp³-hybridized carbons (Fsp3) is 0.214. The number of nitrogens with zero attached hydrogens (tertiary/aromatic N) is 2. The SMILES string of the molecule is COC(=O)c1ccc(C2C(=C(O)c3ccc4c(c3)CC(C)O4)C(=O)C(=O)N2Cc2cccnc2)cc1. The highest BCUT2D eigenvalue weighted by atomic mass is 16.5. The van der Waals surface area contributed by atoms with Crippen molar-refractivity contribution in [3.8, 4) is 5.75 Å². The highest BCUT2D eigenvalue weighted by Gasteiger charge is 2.46. The number of pyridine rings is 1. The quantitative estimate of drug-likeness (QED) is 0.254. The normalized spacial score (nSPS) is 20.2. The number of esters is 1. The molecular weight excluding hydrogens is 460 g/mol. The van der Waals surface area contributed by atoms with Gasteiger partial charge in [0.2, 0.25) is 0 Å². The Kier molecular flexibility index (Phi) is 6.01. The van der Waals surface area contributed by atoms with E-state index in [1.165, 1.54) is 12.0 Å². The van der Waals surface area contributed by atoms with Crippen molar-refractivity contribution in [3.63, 3.8) is 0 Å². The molecule has 0 aliphatic carbocycles. The lowest BCUT2D eigenvalue weighted by molar-refractivity contribution is -0.140. The number of rotatable bonds is 5. The molecule has 8 heteroatoms. The lowest BCUT2D eigenvalue weighted by Gasteiger charge is -2.25. The predicted octanol–water partition coefficient (Wildman–Crippen LogP) is 3.81. The highest BCUT2D eigenvalue weighted by Crippen LogP contribution is 2.41. The molecular formula is C28H24N2O6. The van der Waals surface area contributed by atoms with Crippen LogP contribution in [-0.4, -0.2) is 45.9 Å². The Labute approximate surface area is 207 Å². The second-order valence-corrected chi connectivity index (χ2v) is 8.86. The molecule has 1 amide bonds. The fourth-order valence-corrected chi connectivity index (χ4v) is 4.72. The first kappa shape index (κ1) is 23.3. The average molecular weight is 485 g/mol. The lowest BCUT2D eigenvalue weighted by atomic mass is 9.94. The third-order valence-corrected chi connectivity index (χ3v) is 6.43. The van der Waals surface area contributed by atoms with Crippen molar-refractivity contribution in [2.45, 2.75) is 32.0 Å². The van der Waals surface area contributed by atoms with E-state index >= 15 is 0 Å². The number of ketones is 1. The first-order chi connectivity index (χ1) is 17.4. The summed E-state index contributed by atoms with van der Waals surface area (Å²) in [6.07, 6.45) is 3.96. The number of aliphatic hydroxyl groups is 1. The molecule has 36 heavy (non-hydrogen) atoms. The molecule has 2 aliphatic heterocycles. The number of Topliss-reactive ketones (excluding diaryl/α,β-unsaturated/α-hetero) is 1. The summed E-state index contributed by atoms with van der Waals surface area (Å²) in [7, 11) is 1.29. The number of likely N-dealkylation sites (tertiary alicyclic amines) is 1. The van der Waals surface area contributed by atoms with Crippen LogP contribution in [0.3, 0.4) is 0 Å². The Hall–Kier alpha value is -4.46. The van der Waals surface area contributed by atoms with Crippen LogP contribution in [0.15, 0.2) is 72.6 Å². The van der Waals surface area contributed by atoms with E-state index in [4.69, 9.17) is 9.47 Å². The Balaban J connectivity index is 1.62. The van der Waals surface area contributed by atoms with E-state index in [-0.39, 0.29) is 24.0 Å². The van der Waals surface area contributed by atoms with Gasteiger partial charge in [-0.05, 0) is 60.0 Å². The summed E-state index contributed by atoms with van der Waals surface area (Å²) in [5, 5.41) is 11.4. The third-order valence-electron chi connectivity index (χ3n) is 6.43. The van der Waals surface area contributed by atoms with Crippen LogP contribution in [0, 0.1) is 0 Å². The predicted molar refractivity (Wildman–Crippen MR) is 130 cm³/mol. The number of aliphatic hydroxyl groups excluding tert-OH is 1. The highest BCUT2D eigenvalue weighted by molar-refractivity contribution is 6.46. The number of methoxy groups -OCH3 is 1. The van der Waals surface area contributed by atoms with Crippen molar-refractivity contribution in [1.82, 2.24) is 9.88 Å². The van der Waals surface area contributed by atoms with E-state index < -0.39 is 23.7 Å². The second-order valence-electron chi connectivity index (χ2n) is 8.86. The molecule has 1 fully saturated rings. The van der Waals surface area contributed by atoms with Crippen LogP contribution in [0.2, 0.25) is 0 Å². The number of carbonyl (C=O) groups excluding carboxylic acids is 3. The molecule has 1 saturated heterocycles. The Morgan fingerprint density at radius 1 is 1.14 bits per heavy atom. The molecule has 0 bridgehead atoms. The van der Waals surface area contributed by atoms with Crippen LogP contribution < -0.4 is 4.74 Å². The van der Waals surface area contributed by atoms with Gasteiger partial charge in [0.25, 0.3) is 11.7 Å². The monoisotopic (exact) mass is 484 g/mol. The molecule has 2 aromatic carbocycles. The smallest absolute Gasteiger partial charge is 0.337 e. The number of benzene rings is 2. The summed E-state index contributed by atoms with van der Waals surface area (Å²) in [4.78, 5) is 43.9. The van der Waals surface area contributed by atoms with Crippen LogP contribution in [0.1, 0.15) is 45.6 Å². The molecule has 2 unspecified atom stereocenters. The molecule has 0 saturated carbocycles. The molecule has 5 rings (SSSR count). The Bertz CT molecular complexity index is 1380. The van der Waals surface area contributed by atoms with Crippen molar-refractivity contribution >= 4 is 23.4 Å². The minimum absolute atomic E-state index is 0.0124. The molecule has 1 N–H and O–H groups in total. The van der Waals surface area contributed by atoms with Gasteiger partial charge in [0, 0.05) is 30.9 Å². The second kappa shape index (κ2) is 9.30. The number of hydrogen-bond donors (Lipinski definition) is 1. The summed E-state index contributed by atoms with van der Waals surface area (Å²) in [5.74, 6) is -1.51. The van der Waals surface area contributed by atoms with E-state index in [0.29, 0.717) is 23.1 Å². The maximum atomic E-state index is 13.3. The largest absolute Gasteiger partial charge is 0.507 e. The maximum absolute atomic E-state index is 13.3. The summed E-state index contributed by atoms with van der Waals surface area (Å²) < 4.78 is 10.5. The zero-order valence-electron chi connectivity index (χ0n) is 19.8. The van der Waals surface area contributed by atoms with Crippen LogP contribution in [0.5, 0.6) is 5.75 Å². The van der Waals surface area contributed by atoms with Crippen LogP contribution >= 0.6 is 0 Å². The van der Waals surface area contributed by atoms with Crippen LogP contribution in [-0.2, 0) is 27.3 Å². The number of fused-ring (bicyclic) bond motifs is 1. The topological polar surface area (TPSA) is 106 Å². The maximum Gasteiger partial charge on any atom is 0.337 e. The van der Waals surface area contributed by atoms with Gasteiger partial charge < -0.3 is 19.5 Å².